The maximum Gasteiger partial charge on any atom is 0.248 e. The van der Waals surface area contributed by atoms with Gasteiger partial charge in [-0.3, -0.25) is 4.79 Å². The van der Waals surface area contributed by atoms with Gasteiger partial charge in [-0.1, -0.05) is 40.9 Å². The van der Waals surface area contributed by atoms with Gasteiger partial charge in [-0.05, 0) is 36.4 Å². The molecule has 2 rings (SSSR count). The molecule has 0 fully saturated rings. The van der Waals surface area contributed by atoms with Crippen LogP contribution in [-0.2, 0) is 4.79 Å². The Kier molecular flexibility index (Phi) is 5.23. The summed E-state index contributed by atoms with van der Waals surface area (Å²) in [6.07, 6.45) is 2.69. The normalized spacial score (nSPS) is 10.9. The predicted octanol–water partition coefficient (Wildman–Crippen LogP) is 5.44. The summed E-state index contributed by atoms with van der Waals surface area (Å²) in [4.78, 5) is 11.8. The topological polar surface area (TPSA) is 29.1 Å². The molecule has 0 aliphatic heterocycles. The maximum atomic E-state index is 13.5. The van der Waals surface area contributed by atoms with E-state index in [1.807, 2.05) is 0 Å². The summed E-state index contributed by atoms with van der Waals surface area (Å²) in [6.45, 7) is 0. The van der Waals surface area contributed by atoms with Gasteiger partial charge in [0.15, 0.2) is 0 Å². The van der Waals surface area contributed by atoms with E-state index in [0.29, 0.717) is 15.6 Å². The van der Waals surface area contributed by atoms with Crippen molar-refractivity contribution in [3.05, 3.63) is 68.9 Å². The molecular formula is C15H9Cl3FNO. The first-order valence-corrected chi connectivity index (χ1v) is 6.99. The quantitative estimate of drug-likeness (QED) is 0.738. The molecule has 2 aromatic rings. The lowest BCUT2D eigenvalue weighted by Gasteiger charge is -2.04. The van der Waals surface area contributed by atoms with Crippen molar-refractivity contribution in [3.8, 4) is 0 Å². The number of carbonyl (C=O) groups is 1. The van der Waals surface area contributed by atoms with Crippen LogP contribution in [0.5, 0.6) is 0 Å². The standard InChI is InChI=1S/C15H9Cl3FNO/c16-9-4-6-14(13(19)8-9)20-15(21)7-5-10-11(17)2-1-3-12(10)18/h1-8H,(H,20,21). The van der Waals surface area contributed by atoms with Crippen molar-refractivity contribution >= 4 is 52.5 Å². The fraction of sp³-hybridized carbons (Fsp3) is 0. The predicted molar refractivity (Wildman–Crippen MR) is 85.5 cm³/mol. The van der Waals surface area contributed by atoms with E-state index in [1.165, 1.54) is 24.3 Å². The Balaban J connectivity index is 2.13. The summed E-state index contributed by atoms with van der Waals surface area (Å²) < 4.78 is 13.5. The average molecular weight is 345 g/mol. The zero-order valence-electron chi connectivity index (χ0n) is 10.5. The minimum Gasteiger partial charge on any atom is -0.320 e. The van der Waals surface area contributed by atoms with Crippen LogP contribution in [0.4, 0.5) is 10.1 Å². The highest BCUT2D eigenvalue weighted by molar-refractivity contribution is 6.37. The SMILES string of the molecule is O=C(C=Cc1c(Cl)cccc1Cl)Nc1ccc(Cl)cc1F. The molecule has 2 aromatic carbocycles. The summed E-state index contributed by atoms with van der Waals surface area (Å²) in [5.74, 6) is -1.12. The van der Waals surface area contributed by atoms with E-state index in [1.54, 1.807) is 18.2 Å². The molecule has 0 aliphatic rings. The van der Waals surface area contributed by atoms with Gasteiger partial charge in [-0.25, -0.2) is 4.39 Å². The lowest BCUT2D eigenvalue weighted by molar-refractivity contribution is -0.111. The van der Waals surface area contributed by atoms with Crippen molar-refractivity contribution in [2.24, 2.45) is 0 Å². The summed E-state index contributed by atoms with van der Waals surface area (Å²) in [7, 11) is 0. The van der Waals surface area contributed by atoms with Crippen molar-refractivity contribution in [2.45, 2.75) is 0 Å². The Morgan fingerprint density at radius 2 is 1.76 bits per heavy atom. The van der Waals surface area contributed by atoms with Gasteiger partial charge < -0.3 is 5.32 Å². The number of hydrogen-bond donors (Lipinski definition) is 1. The van der Waals surface area contributed by atoms with Gasteiger partial charge in [0, 0.05) is 26.7 Å². The van der Waals surface area contributed by atoms with Gasteiger partial charge >= 0.3 is 0 Å². The van der Waals surface area contributed by atoms with Crippen LogP contribution in [0, 0.1) is 5.82 Å². The van der Waals surface area contributed by atoms with Crippen LogP contribution < -0.4 is 5.32 Å². The minimum atomic E-state index is -0.611. The largest absolute Gasteiger partial charge is 0.320 e. The summed E-state index contributed by atoms with van der Waals surface area (Å²) >= 11 is 17.6. The zero-order valence-corrected chi connectivity index (χ0v) is 12.8. The zero-order chi connectivity index (χ0) is 15.4. The first kappa shape index (κ1) is 15.8. The molecule has 1 amide bonds. The molecule has 0 atom stereocenters. The molecule has 0 saturated heterocycles. The lowest BCUT2D eigenvalue weighted by Crippen LogP contribution is -2.09. The number of anilines is 1. The molecule has 0 radical (unpaired) electrons. The number of carbonyl (C=O) groups excluding carboxylic acids is 1. The Bertz CT molecular complexity index is 696. The molecule has 0 saturated carbocycles. The van der Waals surface area contributed by atoms with E-state index in [2.05, 4.69) is 5.32 Å². The second-order valence-corrected chi connectivity index (χ2v) is 5.33. The number of rotatable bonds is 3. The van der Waals surface area contributed by atoms with Crippen molar-refractivity contribution in [1.82, 2.24) is 0 Å². The van der Waals surface area contributed by atoms with Crippen molar-refractivity contribution in [2.75, 3.05) is 5.32 Å². The first-order chi connectivity index (χ1) is 9.97. The third-order valence-corrected chi connectivity index (χ3v) is 3.48. The van der Waals surface area contributed by atoms with Gasteiger partial charge in [0.1, 0.15) is 5.82 Å². The third kappa shape index (κ3) is 4.21. The molecule has 0 unspecified atom stereocenters. The molecule has 0 heterocycles. The van der Waals surface area contributed by atoms with Crippen LogP contribution in [0.15, 0.2) is 42.5 Å². The third-order valence-electron chi connectivity index (χ3n) is 2.59. The number of hydrogen-bond acceptors (Lipinski definition) is 1. The van der Waals surface area contributed by atoms with Crippen LogP contribution in [0.1, 0.15) is 5.56 Å². The fourth-order valence-electron chi connectivity index (χ4n) is 1.59. The number of amides is 1. The minimum absolute atomic E-state index is 0.0410. The fourth-order valence-corrected chi connectivity index (χ4v) is 2.28. The summed E-state index contributed by atoms with van der Waals surface area (Å²) in [6, 6.07) is 8.99. The van der Waals surface area contributed by atoms with E-state index >= 15 is 0 Å². The maximum absolute atomic E-state index is 13.5. The highest BCUT2D eigenvalue weighted by atomic mass is 35.5. The van der Waals surface area contributed by atoms with Crippen molar-refractivity contribution in [1.29, 1.82) is 0 Å². The van der Waals surface area contributed by atoms with Crippen molar-refractivity contribution < 1.29 is 9.18 Å². The molecule has 21 heavy (non-hydrogen) atoms. The molecule has 0 spiro atoms. The van der Waals surface area contributed by atoms with E-state index < -0.39 is 11.7 Å². The average Bonchev–Trinajstić information content (AvgIpc) is 2.41. The van der Waals surface area contributed by atoms with Gasteiger partial charge in [-0.15, -0.1) is 0 Å². The van der Waals surface area contributed by atoms with Gasteiger partial charge in [0.25, 0.3) is 0 Å². The highest BCUT2D eigenvalue weighted by Crippen LogP contribution is 2.25. The Morgan fingerprint density at radius 1 is 1.10 bits per heavy atom. The number of benzene rings is 2. The smallest absolute Gasteiger partial charge is 0.248 e. The molecular weight excluding hydrogens is 336 g/mol. The summed E-state index contributed by atoms with van der Waals surface area (Å²) in [5.41, 5.74) is 0.562. The lowest BCUT2D eigenvalue weighted by atomic mass is 10.2. The Hall–Kier alpha value is -1.55. The Labute approximate surface area is 136 Å². The van der Waals surface area contributed by atoms with E-state index in [0.717, 1.165) is 6.07 Å². The van der Waals surface area contributed by atoms with Crippen LogP contribution in [0.2, 0.25) is 15.1 Å². The van der Waals surface area contributed by atoms with Crippen LogP contribution in [-0.4, -0.2) is 5.91 Å². The first-order valence-electron chi connectivity index (χ1n) is 5.85. The van der Waals surface area contributed by atoms with E-state index in [-0.39, 0.29) is 10.7 Å². The molecule has 6 heteroatoms. The number of halogens is 4. The van der Waals surface area contributed by atoms with Crippen LogP contribution >= 0.6 is 34.8 Å². The van der Waals surface area contributed by atoms with Crippen LogP contribution in [0.3, 0.4) is 0 Å². The molecule has 1 N–H and O–H groups in total. The van der Waals surface area contributed by atoms with E-state index in [9.17, 15) is 9.18 Å². The molecule has 0 aromatic heterocycles. The second-order valence-electron chi connectivity index (χ2n) is 4.08. The molecule has 108 valence electrons. The monoisotopic (exact) mass is 343 g/mol. The number of nitrogens with one attached hydrogen (secondary N) is 1. The molecule has 2 nitrogen and oxygen atoms in total. The van der Waals surface area contributed by atoms with Gasteiger partial charge in [0.2, 0.25) is 5.91 Å². The summed E-state index contributed by atoms with van der Waals surface area (Å²) in [5, 5.41) is 3.50. The second kappa shape index (κ2) is 6.94. The van der Waals surface area contributed by atoms with Crippen molar-refractivity contribution in [3.63, 3.8) is 0 Å². The van der Waals surface area contributed by atoms with Gasteiger partial charge in [-0.2, -0.15) is 0 Å². The van der Waals surface area contributed by atoms with Crippen LogP contribution in [0.25, 0.3) is 6.08 Å². The van der Waals surface area contributed by atoms with Gasteiger partial charge in [0.05, 0.1) is 5.69 Å². The van der Waals surface area contributed by atoms with E-state index in [4.69, 9.17) is 34.8 Å². The molecule has 0 aliphatic carbocycles. The molecule has 0 bridgehead atoms. The highest BCUT2D eigenvalue weighted by Gasteiger charge is 2.06. The Morgan fingerprint density at radius 3 is 2.38 bits per heavy atom.